The van der Waals surface area contributed by atoms with Gasteiger partial charge in [-0.3, -0.25) is 9.59 Å². The van der Waals surface area contributed by atoms with Crippen LogP contribution in [0, 0.1) is 11.8 Å². The van der Waals surface area contributed by atoms with Crippen molar-refractivity contribution in [3.63, 3.8) is 0 Å². The summed E-state index contributed by atoms with van der Waals surface area (Å²) in [5, 5.41) is 16.4. The van der Waals surface area contributed by atoms with E-state index >= 15 is 0 Å². The number of rotatable bonds is 12. The average molecular weight is 509 g/mol. The monoisotopic (exact) mass is 508 g/mol. The number of ether oxygens (including phenoxy) is 1. The molecule has 0 amide bonds. The van der Waals surface area contributed by atoms with E-state index in [1.54, 1.807) is 0 Å². The second-order valence-electron chi connectivity index (χ2n) is 14.5. The van der Waals surface area contributed by atoms with Crippen molar-refractivity contribution in [1.82, 2.24) is 10.6 Å². The molecule has 210 valence electrons. The third-order valence-corrected chi connectivity index (χ3v) is 8.17. The highest BCUT2D eigenvalue weighted by molar-refractivity contribution is 5.73. The molecule has 0 aromatic heterocycles. The number of hydrogen-bond donors (Lipinski definition) is 3. The molecule has 2 saturated heterocycles. The molecule has 2 aliphatic rings. The molecule has 0 aromatic rings. The molecule has 2 heterocycles. The van der Waals surface area contributed by atoms with E-state index in [2.05, 4.69) is 72.9 Å². The van der Waals surface area contributed by atoms with Gasteiger partial charge in [-0.15, -0.1) is 0 Å². The zero-order chi connectivity index (χ0) is 27.4. The summed E-state index contributed by atoms with van der Waals surface area (Å²) in [4.78, 5) is 24.4. The second kappa shape index (κ2) is 11.7. The standard InChI is InChI=1S/C30H56N2O4/c1-10-22(16-14-12-11-13-15-17-24(33)34)25(35)36-30(20-28(6,7)32-29(8,9)21-30)23-18-26(2,3)31-27(4,5)19-23/h22-23,31-32H,10-21H2,1-9H3,(H,33,34). The van der Waals surface area contributed by atoms with Gasteiger partial charge in [0, 0.05) is 47.3 Å². The lowest BCUT2D eigenvalue weighted by Gasteiger charge is -2.59. The maximum absolute atomic E-state index is 13.8. The summed E-state index contributed by atoms with van der Waals surface area (Å²) in [6.45, 7) is 20.2. The van der Waals surface area contributed by atoms with Crippen molar-refractivity contribution in [3.8, 4) is 0 Å². The Hall–Kier alpha value is -1.14. The smallest absolute Gasteiger partial charge is 0.309 e. The van der Waals surface area contributed by atoms with E-state index in [0.717, 1.165) is 70.6 Å². The van der Waals surface area contributed by atoms with Crippen LogP contribution in [0.25, 0.3) is 0 Å². The van der Waals surface area contributed by atoms with Crippen LogP contribution in [0.5, 0.6) is 0 Å². The Balaban J connectivity index is 2.17. The maximum atomic E-state index is 13.8. The topological polar surface area (TPSA) is 87.7 Å². The lowest BCUT2D eigenvalue weighted by atomic mass is 9.60. The van der Waals surface area contributed by atoms with Gasteiger partial charge in [-0.05, 0) is 87.5 Å². The van der Waals surface area contributed by atoms with Crippen molar-refractivity contribution in [2.45, 2.75) is 167 Å². The van der Waals surface area contributed by atoms with Crippen LogP contribution >= 0.6 is 0 Å². The Kier molecular flexibility index (Phi) is 10.1. The minimum absolute atomic E-state index is 0.0181. The SMILES string of the molecule is CCC(CCCCCCCC(=O)O)C(=O)OC1(C2CC(C)(C)NC(C)(C)C2)CC(C)(C)NC(C)(C)C1. The molecule has 2 fully saturated rings. The lowest BCUT2D eigenvalue weighted by molar-refractivity contribution is -0.191. The number of carbonyl (C=O) groups is 2. The highest BCUT2D eigenvalue weighted by Crippen LogP contribution is 2.50. The summed E-state index contributed by atoms with van der Waals surface area (Å²) >= 11 is 0. The number of carboxylic acids is 1. The predicted molar refractivity (Wildman–Crippen MR) is 147 cm³/mol. The van der Waals surface area contributed by atoms with Gasteiger partial charge in [-0.25, -0.2) is 0 Å². The summed E-state index contributed by atoms with van der Waals surface area (Å²) in [7, 11) is 0. The fourth-order valence-electron chi connectivity index (χ4n) is 7.67. The van der Waals surface area contributed by atoms with Crippen LogP contribution in [0.15, 0.2) is 0 Å². The molecule has 0 saturated carbocycles. The molecular weight excluding hydrogens is 452 g/mol. The first-order valence-electron chi connectivity index (χ1n) is 14.4. The zero-order valence-corrected chi connectivity index (χ0v) is 24.8. The van der Waals surface area contributed by atoms with Gasteiger partial charge in [-0.1, -0.05) is 32.6 Å². The molecule has 0 bridgehead atoms. The zero-order valence-electron chi connectivity index (χ0n) is 24.8. The predicted octanol–water partition coefficient (Wildman–Crippen LogP) is 6.61. The minimum atomic E-state index is -0.720. The van der Waals surface area contributed by atoms with Gasteiger partial charge >= 0.3 is 11.9 Å². The Morgan fingerprint density at radius 3 is 1.78 bits per heavy atom. The normalized spacial score (nSPS) is 25.1. The van der Waals surface area contributed by atoms with E-state index in [1.807, 2.05) is 0 Å². The number of unbranched alkanes of at least 4 members (excludes halogenated alkanes) is 4. The molecule has 6 nitrogen and oxygen atoms in total. The molecule has 1 unspecified atom stereocenters. The van der Waals surface area contributed by atoms with Gasteiger partial charge in [0.25, 0.3) is 0 Å². The number of aliphatic carboxylic acids is 1. The number of carbonyl (C=O) groups excluding carboxylic acids is 1. The number of nitrogens with one attached hydrogen (secondary N) is 2. The molecule has 0 spiro atoms. The van der Waals surface area contributed by atoms with Crippen LogP contribution in [0.2, 0.25) is 0 Å². The van der Waals surface area contributed by atoms with Crippen molar-refractivity contribution < 1.29 is 19.4 Å². The number of hydrogen-bond acceptors (Lipinski definition) is 5. The molecule has 2 rings (SSSR count). The summed E-state index contributed by atoms with van der Waals surface area (Å²) < 4.78 is 6.78. The van der Waals surface area contributed by atoms with Crippen molar-refractivity contribution in [3.05, 3.63) is 0 Å². The van der Waals surface area contributed by atoms with Crippen LogP contribution < -0.4 is 10.6 Å². The molecule has 6 heteroatoms. The van der Waals surface area contributed by atoms with Crippen LogP contribution in [-0.4, -0.2) is 44.8 Å². The fourth-order valence-corrected chi connectivity index (χ4v) is 7.67. The van der Waals surface area contributed by atoms with E-state index in [1.165, 1.54) is 0 Å². The molecule has 0 radical (unpaired) electrons. The maximum Gasteiger partial charge on any atom is 0.309 e. The molecule has 36 heavy (non-hydrogen) atoms. The van der Waals surface area contributed by atoms with Crippen molar-refractivity contribution >= 4 is 11.9 Å². The lowest BCUT2D eigenvalue weighted by Crippen LogP contribution is -2.69. The van der Waals surface area contributed by atoms with Crippen molar-refractivity contribution in [2.75, 3.05) is 0 Å². The molecule has 3 N–H and O–H groups in total. The fraction of sp³-hybridized carbons (Fsp3) is 0.933. The van der Waals surface area contributed by atoms with E-state index in [9.17, 15) is 9.59 Å². The molecule has 0 aromatic carbocycles. The van der Waals surface area contributed by atoms with Crippen LogP contribution in [-0.2, 0) is 14.3 Å². The van der Waals surface area contributed by atoms with Gasteiger partial charge < -0.3 is 20.5 Å². The Morgan fingerprint density at radius 2 is 1.28 bits per heavy atom. The number of piperidine rings is 2. The highest BCUT2D eigenvalue weighted by Gasteiger charge is 2.57. The van der Waals surface area contributed by atoms with E-state index in [-0.39, 0.29) is 40.5 Å². The van der Waals surface area contributed by atoms with Gasteiger partial charge in [0.2, 0.25) is 0 Å². The van der Waals surface area contributed by atoms with Gasteiger partial charge in [0.1, 0.15) is 5.60 Å². The largest absolute Gasteiger partial charge is 0.481 e. The molecule has 2 aliphatic heterocycles. The van der Waals surface area contributed by atoms with Gasteiger partial charge in [0.05, 0.1) is 5.92 Å². The van der Waals surface area contributed by atoms with Crippen LogP contribution in [0.1, 0.15) is 139 Å². The van der Waals surface area contributed by atoms with Crippen LogP contribution in [0.3, 0.4) is 0 Å². The highest BCUT2D eigenvalue weighted by atomic mass is 16.6. The van der Waals surface area contributed by atoms with Gasteiger partial charge in [0.15, 0.2) is 0 Å². The quantitative estimate of drug-likeness (QED) is 0.203. The first kappa shape index (κ1) is 31.1. The minimum Gasteiger partial charge on any atom is -0.481 e. The first-order valence-corrected chi connectivity index (χ1v) is 14.4. The molecular formula is C30H56N2O4. The number of esters is 1. The van der Waals surface area contributed by atoms with Crippen LogP contribution in [0.4, 0.5) is 0 Å². The first-order chi connectivity index (χ1) is 16.4. The average Bonchev–Trinajstić information content (AvgIpc) is 2.64. The Labute approximate surface area is 221 Å². The van der Waals surface area contributed by atoms with Crippen molar-refractivity contribution in [2.24, 2.45) is 11.8 Å². The summed E-state index contributed by atoms with van der Waals surface area (Å²) in [5.74, 6) is -0.529. The Morgan fingerprint density at radius 1 is 0.806 bits per heavy atom. The van der Waals surface area contributed by atoms with Crippen molar-refractivity contribution in [1.29, 1.82) is 0 Å². The summed E-state index contributed by atoms with van der Waals surface area (Å²) in [6, 6.07) is 0. The molecule has 1 atom stereocenters. The summed E-state index contributed by atoms with van der Waals surface area (Å²) in [6.07, 6.45) is 10.2. The third-order valence-electron chi connectivity index (χ3n) is 8.17. The van der Waals surface area contributed by atoms with E-state index in [4.69, 9.17) is 9.84 Å². The second-order valence-corrected chi connectivity index (χ2v) is 14.5. The van der Waals surface area contributed by atoms with E-state index in [0.29, 0.717) is 5.92 Å². The third kappa shape index (κ3) is 9.31. The molecule has 0 aliphatic carbocycles. The summed E-state index contributed by atoms with van der Waals surface area (Å²) in [5.41, 5.74) is -0.778. The van der Waals surface area contributed by atoms with E-state index < -0.39 is 11.6 Å². The van der Waals surface area contributed by atoms with Gasteiger partial charge in [-0.2, -0.15) is 0 Å². The Bertz CT molecular complexity index is 724. The number of carboxylic acid groups (broad SMARTS) is 1.